The summed E-state index contributed by atoms with van der Waals surface area (Å²) in [6.45, 7) is 0. The number of rotatable bonds is 7. The van der Waals surface area contributed by atoms with Crippen LogP contribution in [0.3, 0.4) is 0 Å². The van der Waals surface area contributed by atoms with Crippen LogP contribution in [0.5, 0.6) is 17.2 Å². The summed E-state index contributed by atoms with van der Waals surface area (Å²) in [5, 5.41) is 3.83. The van der Waals surface area contributed by atoms with E-state index in [0.29, 0.717) is 39.4 Å². The molecule has 4 aromatic rings. The minimum atomic E-state index is -0.302. The normalized spacial score (nSPS) is 11.1. The monoisotopic (exact) mass is 438 g/mol. The number of aliphatic imine (C=N–C) groups is 1. The first-order valence-corrected chi connectivity index (χ1v) is 10.1. The largest absolute Gasteiger partial charge is 0.493 e. The lowest BCUT2D eigenvalue weighted by Crippen LogP contribution is -1.94. The summed E-state index contributed by atoms with van der Waals surface area (Å²) in [5.74, 6) is 1.87. The Morgan fingerprint density at radius 1 is 1.03 bits per heavy atom. The number of nitrogens with zero attached hydrogens (tertiary/aromatic N) is 3. The number of methoxy groups -OCH3 is 3. The quantitative estimate of drug-likeness (QED) is 0.392. The molecule has 0 saturated carbocycles. The first-order chi connectivity index (χ1) is 15.1. The van der Waals surface area contributed by atoms with E-state index in [1.807, 2.05) is 6.07 Å². The van der Waals surface area contributed by atoms with Crippen molar-refractivity contribution in [3.63, 3.8) is 0 Å². The Morgan fingerprint density at radius 2 is 1.81 bits per heavy atom. The van der Waals surface area contributed by atoms with Crippen molar-refractivity contribution < 1.29 is 18.6 Å². The van der Waals surface area contributed by atoms with Gasteiger partial charge < -0.3 is 19.5 Å². The highest BCUT2D eigenvalue weighted by molar-refractivity contribution is 7.20. The number of hydrogen-bond acceptors (Lipinski definition) is 8. The predicted octanol–water partition coefficient (Wildman–Crippen LogP) is 5.35. The van der Waals surface area contributed by atoms with Crippen molar-refractivity contribution in [3.8, 4) is 17.2 Å². The van der Waals surface area contributed by atoms with Crippen LogP contribution in [0.25, 0.3) is 10.2 Å². The molecule has 0 bridgehead atoms. The van der Waals surface area contributed by atoms with E-state index >= 15 is 0 Å². The van der Waals surface area contributed by atoms with Gasteiger partial charge in [-0.1, -0.05) is 0 Å². The Labute approximate surface area is 182 Å². The number of benzene rings is 2. The van der Waals surface area contributed by atoms with Crippen LogP contribution < -0.4 is 19.5 Å². The smallest absolute Gasteiger partial charge is 0.204 e. The highest BCUT2D eigenvalue weighted by Gasteiger charge is 2.19. The molecule has 2 aromatic carbocycles. The Hall–Kier alpha value is -3.72. The molecule has 4 rings (SSSR count). The SMILES string of the molecule is COc1cc2nc(C=Nc3cccnc3Nc3ccc(F)cc3)sc2c(OC)c1OC. The fourth-order valence-electron chi connectivity index (χ4n) is 2.99. The zero-order valence-electron chi connectivity index (χ0n) is 17.0. The van der Waals surface area contributed by atoms with E-state index in [1.54, 1.807) is 58.0 Å². The van der Waals surface area contributed by atoms with Crippen LogP contribution in [0, 0.1) is 5.82 Å². The van der Waals surface area contributed by atoms with Gasteiger partial charge in [0.1, 0.15) is 21.2 Å². The summed E-state index contributed by atoms with van der Waals surface area (Å²) in [6, 6.07) is 11.5. The van der Waals surface area contributed by atoms with Gasteiger partial charge in [-0.25, -0.2) is 19.4 Å². The molecule has 0 fully saturated rings. The molecule has 0 spiro atoms. The van der Waals surface area contributed by atoms with Crippen LogP contribution in [-0.2, 0) is 0 Å². The first-order valence-electron chi connectivity index (χ1n) is 9.24. The molecule has 9 heteroatoms. The van der Waals surface area contributed by atoms with Gasteiger partial charge in [0.05, 0.1) is 33.1 Å². The third-order valence-corrected chi connectivity index (χ3v) is 5.41. The summed E-state index contributed by atoms with van der Waals surface area (Å²) in [5.41, 5.74) is 2.05. The van der Waals surface area contributed by atoms with Gasteiger partial charge in [-0.05, 0) is 36.4 Å². The zero-order valence-corrected chi connectivity index (χ0v) is 17.9. The molecule has 158 valence electrons. The Bertz CT molecular complexity index is 1240. The number of halogens is 1. The van der Waals surface area contributed by atoms with E-state index in [0.717, 1.165) is 10.2 Å². The van der Waals surface area contributed by atoms with Crippen LogP contribution in [0.4, 0.5) is 21.6 Å². The van der Waals surface area contributed by atoms with E-state index in [1.165, 1.54) is 23.5 Å². The van der Waals surface area contributed by atoms with Crippen molar-refractivity contribution in [2.24, 2.45) is 4.99 Å². The van der Waals surface area contributed by atoms with Crippen LogP contribution in [-0.4, -0.2) is 37.5 Å². The van der Waals surface area contributed by atoms with Gasteiger partial charge in [-0.15, -0.1) is 11.3 Å². The molecule has 2 heterocycles. The molecule has 2 aromatic heterocycles. The molecule has 0 aliphatic heterocycles. The summed E-state index contributed by atoms with van der Waals surface area (Å²) in [4.78, 5) is 13.5. The standard InChI is InChI=1S/C22H19FN4O3S/c1-28-17-11-16-21(20(30-3)19(17)29-2)31-18(27-16)12-25-15-5-4-10-24-22(15)26-14-8-6-13(23)7-9-14/h4-12H,1-3H3,(H,24,26). The molecule has 7 nitrogen and oxygen atoms in total. The van der Waals surface area contributed by atoms with Gasteiger partial charge in [0.15, 0.2) is 17.3 Å². The number of fused-ring (bicyclic) bond motifs is 1. The molecule has 0 radical (unpaired) electrons. The van der Waals surface area contributed by atoms with Crippen molar-refractivity contribution in [1.29, 1.82) is 0 Å². The number of aromatic nitrogens is 2. The van der Waals surface area contributed by atoms with Crippen molar-refractivity contribution in [1.82, 2.24) is 9.97 Å². The molecule has 0 atom stereocenters. The third kappa shape index (κ3) is 4.26. The Morgan fingerprint density at radius 3 is 2.52 bits per heavy atom. The van der Waals surface area contributed by atoms with Crippen LogP contribution in [0.2, 0.25) is 0 Å². The summed E-state index contributed by atoms with van der Waals surface area (Å²) in [6.07, 6.45) is 3.32. The van der Waals surface area contributed by atoms with Crippen LogP contribution in [0.1, 0.15) is 5.01 Å². The van der Waals surface area contributed by atoms with Crippen molar-refractivity contribution in [2.75, 3.05) is 26.6 Å². The molecule has 0 aliphatic rings. The third-order valence-electron chi connectivity index (χ3n) is 4.41. The topological polar surface area (TPSA) is 77.9 Å². The number of ether oxygens (including phenoxy) is 3. The minimum absolute atomic E-state index is 0.302. The number of nitrogens with one attached hydrogen (secondary N) is 1. The number of pyridine rings is 1. The number of thiazole rings is 1. The Balaban J connectivity index is 1.67. The Kier molecular flexibility index (Phi) is 5.94. The lowest BCUT2D eigenvalue weighted by atomic mass is 10.2. The maximum absolute atomic E-state index is 13.2. The predicted molar refractivity (Wildman–Crippen MR) is 120 cm³/mol. The molecule has 1 N–H and O–H groups in total. The van der Waals surface area contributed by atoms with Crippen molar-refractivity contribution >= 4 is 45.0 Å². The summed E-state index contributed by atoms with van der Waals surface area (Å²) >= 11 is 1.42. The van der Waals surface area contributed by atoms with Crippen LogP contribution in [0.15, 0.2) is 53.7 Å². The average molecular weight is 438 g/mol. The van der Waals surface area contributed by atoms with E-state index in [2.05, 4.69) is 20.3 Å². The van der Waals surface area contributed by atoms with E-state index in [9.17, 15) is 4.39 Å². The number of hydrogen-bond donors (Lipinski definition) is 1. The van der Waals surface area contributed by atoms with Crippen LogP contribution >= 0.6 is 11.3 Å². The van der Waals surface area contributed by atoms with Gasteiger partial charge in [0.2, 0.25) is 5.75 Å². The van der Waals surface area contributed by atoms with E-state index in [-0.39, 0.29) is 5.82 Å². The van der Waals surface area contributed by atoms with E-state index in [4.69, 9.17) is 14.2 Å². The molecule has 0 unspecified atom stereocenters. The first kappa shape index (κ1) is 20.5. The molecule has 0 saturated heterocycles. The molecule has 0 amide bonds. The summed E-state index contributed by atoms with van der Waals surface area (Å²) < 4.78 is 30.4. The van der Waals surface area contributed by atoms with Crippen molar-refractivity contribution in [2.45, 2.75) is 0 Å². The highest BCUT2D eigenvalue weighted by Crippen LogP contribution is 2.45. The molecular formula is C22H19FN4O3S. The molecule has 0 aliphatic carbocycles. The second-order valence-corrected chi connectivity index (χ2v) is 7.34. The zero-order chi connectivity index (χ0) is 21.8. The van der Waals surface area contributed by atoms with E-state index < -0.39 is 0 Å². The van der Waals surface area contributed by atoms with Crippen molar-refractivity contribution in [3.05, 3.63) is 59.5 Å². The summed E-state index contributed by atoms with van der Waals surface area (Å²) in [7, 11) is 4.71. The second kappa shape index (κ2) is 8.97. The van der Waals surface area contributed by atoms with Gasteiger partial charge >= 0.3 is 0 Å². The maximum atomic E-state index is 13.2. The van der Waals surface area contributed by atoms with Gasteiger partial charge in [-0.3, -0.25) is 0 Å². The highest BCUT2D eigenvalue weighted by atomic mass is 32.1. The van der Waals surface area contributed by atoms with Gasteiger partial charge in [-0.2, -0.15) is 0 Å². The maximum Gasteiger partial charge on any atom is 0.204 e. The average Bonchev–Trinajstić information content (AvgIpc) is 3.21. The minimum Gasteiger partial charge on any atom is -0.493 e. The fourth-order valence-corrected chi connectivity index (χ4v) is 3.93. The lowest BCUT2D eigenvalue weighted by Gasteiger charge is -2.11. The lowest BCUT2D eigenvalue weighted by molar-refractivity contribution is 0.327. The molecule has 31 heavy (non-hydrogen) atoms. The fraction of sp³-hybridized carbons (Fsp3) is 0.136. The van der Waals surface area contributed by atoms with Gasteiger partial charge in [0.25, 0.3) is 0 Å². The molecular weight excluding hydrogens is 419 g/mol. The number of anilines is 2. The second-order valence-electron chi connectivity index (χ2n) is 6.31. The van der Waals surface area contributed by atoms with Gasteiger partial charge in [0, 0.05) is 18.0 Å².